The summed E-state index contributed by atoms with van der Waals surface area (Å²) in [4.78, 5) is 51.1. The number of rotatable bonds is 36. The monoisotopic (exact) mass is 697 g/mol. The van der Waals surface area contributed by atoms with Crippen molar-refractivity contribution in [3.63, 3.8) is 0 Å². The molecule has 0 aromatic rings. The van der Waals surface area contributed by atoms with Gasteiger partial charge in [-0.3, -0.25) is 19.2 Å². The zero-order valence-corrected chi connectivity index (χ0v) is 32.4. The lowest BCUT2D eigenvalue weighted by molar-refractivity contribution is -0.170. The van der Waals surface area contributed by atoms with Gasteiger partial charge in [0.1, 0.15) is 31.8 Å². The van der Waals surface area contributed by atoms with Gasteiger partial charge in [-0.1, -0.05) is 156 Å². The number of carbonyl (C=O) groups excluding carboxylic acids is 4. The molecule has 0 atom stereocenters. The summed E-state index contributed by atoms with van der Waals surface area (Å²) in [6, 6.07) is 0. The number of ether oxygens (including phenoxy) is 4. The molecule has 0 rings (SSSR count). The van der Waals surface area contributed by atoms with E-state index in [1.807, 2.05) is 0 Å². The maximum atomic E-state index is 12.8. The van der Waals surface area contributed by atoms with Crippen molar-refractivity contribution in [3.8, 4) is 0 Å². The quantitative estimate of drug-likeness (QED) is 0.0362. The number of hydrogen-bond acceptors (Lipinski definition) is 8. The molecular formula is C41H76O8. The summed E-state index contributed by atoms with van der Waals surface area (Å²) in [5.74, 6) is -1.41. The van der Waals surface area contributed by atoms with E-state index in [0.717, 1.165) is 103 Å². The van der Waals surface area contributed by atoms with Gasteiger partial charge in [0.15, 0.2) is 0 Å². The van der Waals surface area contributed by atoms with Crippen LogP contribution in [-0.2, 0) is 38.1 Å². The van der Waals surface area contributed by atoms with Crippen LogP contribution in [0, 0.1) is 5.41 Å². The maximum Gasteiger partial charge on any atom is 0.305 e. The van der Waals surface area contributed by atoms with Crippen LogP contribution < -0.4 is 0 Å². The predicted molar refractivity (Wildman–Crippen MR) is 198 cm³/mol. The zero-order chi connectivity index (χ0) is 36.3. The predicted octanol–water partition coefficient (Wildman–Crippen LogP) is 11.1. The van der Waals surface area contributed by atoms with Gasteiger partial charge in [-0.05, 0) is 25.7 Å². The van der Waals surface area contributed by atoms with Gasteiger partial charge in [0.05, 0.1) is 0 Å². The van der Waals surface area contributed by atoms with Crippen molar-refractivity contribution in [2.45, 2.75) is 207 Å². The Balaban J connectivity index is 5.44. The van der Waals surface area contributed by atoms with E-state index < -0.39 is 5.41 Å². The van der Waals surface area contributed by atoms with E-state index in [4.69, 9.17) is 18.9 Å². The first-order chi connectivity index (χ1) is 23.8. The molecule has 0 saturated heterocycles. The number of esters is 4. The Morgan fingerprint density at radius 2 is 0.490 bits per heavy atom. The van der Waals surface area contributed by atoms with Gasteiger partial charge in [0.25, 0.3) is 0 Å². The molecule has 0 radical (unpaired) electrons. The normalized spacial score (nSPS) is 11.3. The molecule has 0 aliphatic rings. The molecule has 0 spiro atoms. The van der Waals surface area contributed by atoms with Crippen LogP contribution in [0.4, 0.5) is 0 Å². The molecule has 0 N–H and O–H groups in total. The summed E-state index contributed by atoms with van der Waals surface area (Å²) < 4.78 is 22.9. The van der Waals surface area contributed by atoms with E-state index in [1.165, 1.54) is 51.4 Å². The molecule has 0 saturated carbocycles. The minimum atomic E-state index is -1.18. The van der Waals surface area contributed by atoms with Crippen LogP contribution in [0.5, 0.6) is 0 Å². The summed E-state index contributed by atoms with van der Waals surface area (Å²) in [7, 11) is 0. The van der Waals surface area contributed by atoms with Crippen molar-refractivity contribution in [2.75, 3.05) is 26.4 Å². The summed E-state index contributed by atoms with van der Waals surface area (Å²) >= 11 is 0. The molecule has 8 nitrogen and oxygen atoms in total. The highest BCUT2D eigenvalue weighted by Gasteiger charge is 2.38. The van der Waals surface area contributed by atoms with Crippen molar-refractivity contribution in [3.05, 3.63) is 0 Å². The lowest BCUT2D eigenvalue weighted by Crippen LogP contribution is -2.44. The first kappa shape index (κ1) is 46.9. The SMILES string of the molecule is CCCCCCCCCC(=O)OCC(COC(=O)CCCCCCC)(COC(=O)CCCCCCC)COC(=O)CCCCCCCCC. The van der Waals surface area contributed by atoms with Gasteiger partial charge in [0.2, 0.25) is 0 Å². The highest BCUT2D eigenvalue weighted by Crippen LogP contribution is 2.24. The second-order valence-electron chi connectivity index (χ2n) is 14.2. The lowest BCUT2D eigenvalue weighted by Gasteiger charge is -2.31. The first-order valence-electron chi connectivity index (χ1n) is 20.4. The third-order valence-electron chi connectivity index (χ3n) is 9.10. The Morgan fingerprint density at radius 1 is 0.306 bits per heavy atom. The van der Waals surface area contributed by atoms with Crippen molar-refractivity contribution < 1.29 is 38.1 Å². The summed E-state index contributed by atoms with van der Waals surface area (Å²) in [6.07, 6.45) is 26.4. The molecule has 0 bridgehead atoms. The molecule has 0 aliphatic carbocycles. The van der Waals surface area contributed by atoms with Crippen molar-refractivity contribution in [2.24, 2.45) is 5.41 Å². The van der Waals surface area contributed by atoms with Crippen LogP contribution >= 0.6 is 0 Å². The molecule has 0 amide bonds. The average Bonchev–Trinajstić information content (AvgIpc) is 3.10. The fourth-order valence-corrected chi connectivity index (χ4v) is 5.67. The highest BCUT2D eigenvalue weighted by molar-refractivity contribution is 5.71. The Hall–Kier alpha value is -2.12. The second kappa shape index (κ2) is 34.3. The van der Waals surface area contributed by atoms with Crippen molar-refractivity contribution in [1.29, 1.82) is 0 Å². The highest BCUT2D eigenvalue weighted by atomic mass is 16.6. The standard InChI is InChI=1S/C41H76O8/c1-5-9-13-17-19-23-27-31-39(44)48-35-41(33-46-37(42)29-25-21-15-11-7-3,34-47-38(43)30-26-22-16-12-8-4)36-49-40(45)32-28-24-20-18-14-10-6-2/h5-36H2,1-4H3. The van der Waals surface area contributed by atoms with E-state index in [9.17, 15) is 19.2 Å². The third-order valence-corrected chi connectivity index (χ3v) is 9.10. The van der Waals surface area contributed by atoms with Crippen LogP contribution in [0.15, 0.2) is 0 Å². The van der Waals surface area contributed by atoms with Crippen LogP contribution in [0.25, 0.3) is 0 Å². The van der Waals surface area contributed by atoms with Crippen LogP contribution in [0.3, 0.4) is 0 Å². The number of unbranched alkanes of at least 4 members (excludes halogenated alkanes) is 20. The summed E-state index contributed by atoms with van der Waals surface area (Å²) in [5.41, 5.74) is -1.18. The van der Waals surface area contributed by atoms with Crippen LogP contribution in [0.1, 0.15) is 207 Å². The Labute approximate surface area is 300 Å². The average molecular weight is 697 g/mol. The Bertz CT molecular complexity index is 745. The van der Waals surface area contributed by atoms with Crippen LogP contribution in [0.2, 0.25) is 0 Å². The van der Waals surface area contributed by atoms with Crippen molar-refractivity contribution >= 4 is 23.9 Å². The number of hydrogen-bond donors (Lipinski definition) is 0. The molecular weight excluding hydrogens is 620 g/mol. The largest absolute Gasteiger partial charge is 0.465 e. The zero-order valence-electron chi connectivity index (χ0n) is 32.4. The molecule has 0 unspecified atom stereocenters. The van der Waals surface area contributed by atoms with Gasteiger partial charge in [-0.25, -0.2) is 0 Å². The topological polar surface area (TPSA) is 105 Å². The molecule has 288 valence electrons. The Kier molecular flexibility index (Phi) is 32.8. The van der Waals surface area contributed by atoms with Crippen LogP contribution in [-0.4, -0.2) is 50.3 Å². The van der Waals surface area contributed by atoms with Gasteiger partial charge < -0.3 is 18.9 Å². The van der Waals surface area contributed by atoms with Crippen molar-refractivity contribution in [1.82, 2.24) is 0 Å². The molecule has 0 fully saturated rings. The molecule has 8 heteroatoms. The molecule has 0 aromatic carbocycles. The minimum absolute atomic E-state index is 0.166. The van der Waals surface area contributed by atoms with Gasteiger partial charge in [-0.15, -0.1) is 0 Å². The lowest BCUT2D eigenvalue weighted by atomic mass is 9.92. The number of carbonyl (C=O) groups is 4. The second-order valence-corrected chi connectivity index (χ2v) is 14.2. The maximum absolute atomic E-state index is 12.8. The van der Waals surface area contributed by atoms with E-state index in [0.29, 0.717) is 0 Å². The minimum Gasteiger partial charge on any atom is -0.465 e. The van der Waals surface area contributed by atoms with Gasteiger partial charge >= 0.3 is 23.9 Å². The molecule has 0 heterocycles. The van der Waals surface area contributed by atoms with Gasteiger partial charge in [0, 0.05) is 25.7 Å². The fraction of sp³-hybridized carbons (Fsp3) is 0.902. The Morgan fingerprint density at radius 3 is 0.694 bits per heavy atom. The summed E-state index contributed by atoms with van der Waals surface area (Å²) in [6.45, 7) is 8.02. The first-order valence-corrected chi connectivity index (χ1v) is 20.4. The van der Waals surface area contributed by atoms with E-state index >= 15 is 0 Å². The van der Waals surface area contributed by atoms with E-state index in [1.54, 1.807) is 0 Å². The van der Waals surface area contributed by atoms with E-state index in [-0.39, 0.29) is 76.0 Å². The molecule has 0 aliphatic heterocycles. The van der Waals surface area contributed by atoms with Gasteiger partial charge in [-0.2, -0.15) is 0 Å². The molecule has 49 heavy (non-hydrogen) atoms. The fourth-order valence-electron chi connectivity index (χ4n) is 5.67. The van der Waals surface area contributed by atoms with E-state index in [2.05, 4.69) is 27.7 Å². The molecule has 0 aromatic heterocycles. The third kappa shape index (κ3) is 30.4. The smallest absolute Gasteiger partial charge is 0.305 e. The summed E-state index contributed by atoms with van der Waals surface area (Å²) in [5, 5.41) is 0.